The van der Waals surface area contributed by atoms with E-state index in [0.717, 1.165) is 81.0 Å². The summed E-state index contributed by atoms with van der Waals surface area (Å²) in [5.74, 6) is -0.212. The molecule has 3 amide bonds. The van der Waals surface area contributed by atoms with Crippen molar-refractivity contribution in [3.63, 3.8) is 0 Å². The van der Waals surface area contributed by atoms with Crippen LogP contribution in [-0.4, -0.2) is 117 Å². The fourth-order valence-corrected chi connectivity index (χ4v) is 11.3. The average Bonchev–Trinajstić information content (AvgIpc) is 3.84. The number of aryl methyl sites for hydroxylation is 1. The third-order valence-corrected chi connectivity index (χ3v) is 15.1. The quantitative estimate of drug-likeness (QED) is 0.121. The molecule has 1 spiro atoms. The number of pyridine rings is 1. The van der Waals surface area contributed by atoms with Gasteiger partial charge in [-0.05, 0) is 139 Å². The van der Waals surface area contributed by atoms with Crippen LogP contribution in [0.1, 0.15) is 116 Å². The van der Waals surface area contributed by atoms with Crippen molar-refractivity contribution in [1.82, 2.24) is 39.9 Å². The normalized spacial score (nSPS) is 21.0. The molecule has 1 aliphatic carbocycles. The molecule has 1 saturated carbocycles. The highest BCUT2D eigenvalue weighted by Crippen LogP contribution is 2.52. The van der Waals surface area contributed by atoms with Crippen LogP contribution in [0.4, 0.5) is 21.6 Å². The molecule has 6 heterocycles. The predicted octanol–water partition coefficient (Wildman–Crippen LogP) is 7.95. The van der Waals surface area contributed by atoms with Crippen molar-refractivity contribution in [3.05, 3.63) is 101 Å². The number of imidazole rings is 1. The summed E-state index contributed by atoms with van der Waals surface area (Å²) in [6.07, 6.45) is 8.48. The summed E-state index contributed by atoms with van der Waals surface area (Å²) >= 11 is 0. The van der Waals surface area contributed by atoms with Gasteiger partial charge >= 0.3 is 0 Å². The van der Waals surface area contributed by atoms with Crippen molar-refractivity contribution >= 4 is 45.9 Å². The zero-order valence-electron chi connectivity index (χ0n) is 39.7. The second-order valence-corrected chi connectivity index (χ2v) is 20.2. The Morgan fingerprint density at radius 1 is 0.881 bits per heavy atom. The Hall–Kier alpha value is -5.70. The molecule has 5 aromatic rings. The number of anilines is 3. The minimum absolute atomic E-state index is 0.0103. The number of carbonyl (C=O) groups is 3. The van der Waals surface area contributed by atoms with Gasteiger partial charge in [0.2, 0.25) is 5.91 Å². The molecule has 13 nitrogen and oxygen atoms in total. The number of piperidine rings is 2. The standard InChI is InChI=1S/C53H65FN10O3/c1-33(2)57-50(65)41-29-45(43(54)25-35(41)5)59-49-48-46(56-32-63(48)34(3)4)30-44(58-49)38-13-14-42-47(26-38)64(40-27-39(28-40)61-19-7-6-8-20-61)52(67)53(42)15-21-62(22-16-53)51(66)37-11-9-36(10-12-37)31-60-23-17-55-18-24-60/h9-14,25-26,29-30,32-34,39-40,55H,6-8,15-24,27-28,31H2,1-5H3,(H,57,65)(H,58,59). The topological polar surface area (TPSA) is 131 Å². The minimum Gasteiger partial charge on any atom is -0.350 e. The van der Waals surface area contributed by atoms with Crippen LogP contribution in [0.3, 0.4) is 0 Å². The summed E-state index contributed by atoms with van der Waals surface area (Å²) in [7, 11) is 0. The van der Waals surface area contributed by atoms with Crippen molar-refractivity contribution < 1.29 is 18.8 Å². The van der Waals surface area contributed by atoms with E-state index >= 15 is 9.18 Å². The number of hydrogen-bond donors (Lipinski definition) is 3. The lowest BCUT2D eigenvalue weighted by molar-refractivity contribution is -0.125. The Balaban J connectivity index is 0.963. The lowest BCUT2D eigenvalue weighted by atomic mass is 9.73. The molecule has 67 heavy (non-hydrogen) atoms. The molecule has 3 saturated heterocycles. The number of piperazine rings is 1. The lowest BCUT2D eigenvalue weighted by Gasteiger charge is -2.48. The Morgan fingerprint density at radius 3 is 2.31 bits per heavy atom. The number of hydrogen-bond acceptors (Lipinski definition) is 9. The number of fused-ring (bicyclic) bond motifs is 3. The van der Waals surface area contributed by atoms with Crippen LogP contribution in [0, 0.1) is 12.7 Å². The predicted molar refractivity (Wildman–Crippen MR) is 261 cm³/mol. The van der Waals surface area contributed by atoms with E-state index in [2.05, 4.69) is 68.8 Å². The zero-order valence-corrected chi connectivity index (χ0v) is 39.7. The van der Waals surface area contributed by atoms with Crippen molar-refractivity contribution in [3.8, 4) is 11.3 Å². The Labute approximate surface area is 393 Å². The van der Waals surface area contributed by atoms with E-state index in [4.69, 9.17) is 9.97 Å². The molecule has 4 fully saturated rings. The molecule has 3 aromatic carbocycles. The fraction of sp³-hybridized carbons (Fsp3) is 0.491. The number of halogens is 1. The highest BCUT2D eigenvalue weighted by atomic mass is 19.1. The van der Waals surface area contributed by atoms with Crippen LogP contribution < -0.4 is 20.9 Å². The third kappa shape index (κ3) is 8.61. The van der Waals surface area contributed by atoms with E-state index in [0.29, 0.717) is 65.7 Å². The highest BCUT2D eigenvalue weighted by Gasteiger charge is 2.56. The molecule has 0 radical (unpaired) electrons. The lowest BCUT2D eigenvalue weighted by Crippen LogP contribution is -2.58. The van der Waals surface area contributed by atoms with Crippen molar-refractivity contribution in [2.45, 2.75) is 116 Å². The molecular formula is C53H65FN10O3. The van der Waals surface area contributed by atoms with E-state index in [1.165, 1.54) is 30.9 Å². The fourth-order valence-electron chi connectivity index (χ4n) is 11.3. The molecule has 352 valence electrons. The first-order valence-electron chi connectivity index (χ1n) is 24.7. The summed E-state index contributed by atoms with van der Waals surface area (Å²) < 4.78 is 17.9. The first-order valence-corrected chi connectivity index (χ1v) is 24.7. The maximum Gasteiger partial charge on any atom is 0.253 e. The molecule has 0 atom stereocenters. The van der Waals surface area contributed by atoms with E-state index in [-0.39, 0.29) is 41.5 Å². The first-order chi connectivity index (χ1) is 32.4. The first kappa shape index (κ1) is 45.1. The van der Waals surface area contributed by atoms with E-state index in [1.54, 1.807) is 19.3 Å². The second kappa shape index (κ2) is 18.4. The minimum atomic E-state index is -0.739. The van der Waals surface area contributed by atoms with Crippen LogP contribution >= 0.6 is 0 Å². The van der Waals surface area contributed by atoms with E-state index < -0.39 is 11.2 Å². The Kier molecular flexibility index (Phi) is 12.4. The number of likely N-dealkylation sites (tertiary alicyclic amines) is 2. The van der Waals surface area contributed by atoms with Gasteiger partial charge in [-0.25, -0.2) is 14.4 Å². The molecule has 3 N–H and O–H groups in total. The van der Waals surface area contributed by atoms with Crippen LogP contribution in [0.5, 0.6) is 0 Å². The van der Waals surface area contributed by atoms with Gasteiger partial charge in [-0.3, -0.25) is 19.3 Å². The number of amides is 3. The van der Waals surface area contributed by atoms with Gasteiger partial charge in [0, 0.05) is 92.4 Å². The van der Waals surface area contributed by atoms with E-state index in [1.807, 2.05) is 47.6 Å². The number of nitrogens with zero attached hydrogens (tertiary/aromatic N) is 7. The molecule has 10 rings (SSSR count). The number of aromatic nitrogens is 3. The van der Waals surface area contributed by atoms with Crippen LogP contribution in [0.25, 0.3) is 22.3 Å². The Bertz CT molecular complexity index is 2670. The summed E-state index contributed by atoms with van der Waals surface area (Å²) in [6, 6.07) is 19.7. The van der Waals surface area contributed by atoms with Crippen LogP contribution in [-0.2, 0) is 16.8 Å². The molecule has 0 bridgehead atoms. The van der Waals surface area contributed by atoms with Crippen molar-refractivity contribution in [2.75, 3.05) is 62.6 Å². The van der Waals surface area contributed by atoms with Crippen molar-refractivity contribution in [2.24, 2.45) is 0 Å². The van der Waals surface area contributed by atoms with Gasteiger partial charge in [0.1, 0.15) is 11.3 Å². The maximum atomic E-state index is 15.8. The number of carbonyl (C=O) groups excluding carboxylic acids is 3. The smallest absolute Gasteiger partial charge is 0.253 e. The zero-order chi connectivity index (χ0) is 46.6. The highest BCUT2D eigenvalue weighted by molar-refractivity contribution is 6.10. The third-order valence-electron chi connectivity index (χ3n) is 15.1. The van der Waals surface area contributed by atoms with Gasteiger partial charge in [0.25, 0.3) is 11.8 Å². The summed E-state index contributed by atoms with van der Waals surface area (Å²) in [4.78, 5) is 61.5. The molecule has 5 aliphatic rings. The molecule has 2 aromatic heterocycles. The van der Waals surface area contributed by atoms with Gasteiger partial charge in [0.15, 0.2) is 5.82 Å². The molecule has 14 heteroatoms. The summed E-state index contributed by atoms with van der Waals surface area (Å²) in [5.41, 5.74) is 6.98. The van der Waals surface area contributed by atoms with Crippen molar-refractivity contribution in [1.29, 1.82) is 0 Å². The number of nitrogens with one attached hydrogen (secondary N) is 3. The molecular weight excluding hydrogens is 844 g/mol. The van der Waals surface area contributed by atoms with Gasteiger partial charge in [-0.2, -0.15) is 0 Å². The SMILES string of the molecule is Cc1cc(F)c(Nc2nc(-c3ccc4c(c3)N(C3CC(N5CCCCC5)C3)C(=O)C43CCN(C(=O)c4ccc(CN5CCNCC5)cc4)CC3)cc3ncn(C(C)C)c23)cc1C(=O)NC(C)C. The average molecular weight is 909 g/mol. The number of rotatable bonds is 11. The molecule has 0 unspecified atom stereocenters. The molecule has 4 aliphatic heterocycles. The Morgan fingerprint density at radius 2 is 1.61 bits per heavy atom. The second-order valence-electron chi connectivity index (χ2n) is 20.2. The van der Waals surface area contributed by atoms with Gasteiger partial charge in [-0.1, -0.05) is 30.7 Å². The van der Waals surface area contributed by atoms with Gasteiger partial charge < -0.3 is 35.2 Å². The van der Waals surface area contributed by atoms with Gasteiger partial charge in [0.05, 0.1) is 28.6 Å². The monoisotopic (exact) mass is 909 g/mol. The van der Waals surface area contributed by atoms with Crippen LogP contribution in [0.2, 0.25) is 0 Å². The maximum absolute atomic E-state index is 15.8. The summed E-state index contributed by atoms with van der Waals surface area (Å²) in [5, 5.41) is 9.62. The summed E-state index contributed by atoms with van der Waals surface area (Å²) in [6.45, 7) is 17.8. The van der Waals surface area contributed by atoms with E-state index in [9.17, 15) is 9.59 Å². The number of benzene rings is 3. The largest absolute Gasteiger partial charge is 0.350 e. The van der Waals surface area contributed by atoms with Gasteiger partial charge in [-0.15, -0.1) is 0 Å². The van der Waals surface area contributed by atoms with Crippen LogP contribution in [0.15, 0.2) is 67.0 Å².